The minimum atomic E-state index is -0.783. The number of unbranched alkanes of at least 4 members (excludes halogenated alkanes) is 1. The number of nitrogens with one attached hydrogen (secondary N) is 1. The second kappa shape index (κ2) is 7.45. The van der Waals surface area contributed by atoms with Gasteiger partial charge in [0, 0.05) is 12.1 Å². The Kier molecular flexibility index (Phi) is 5.36. The molecule has 0 aliphatic rings. The second-order valence-electron chi connectivity index (χ2n) is 5.33. The van der Waals surface area contributed by atoms with E-state index in [-0.39, 0.29) is 22.4 Å². The number of pyridine rings is 1. The first-order valence-corrected chi connectivity index (χ1v) is 7.62. The molecule has 0 aliphatic carbocycles. The molecule has 0 atom stereocenters. The average Bonchev–Trinajstić information content (AvgIpc) is 2.54. The first kappa shape index (κ1) is 17.3. The third-order valence-corrected chi connectivity index (χ3v) is 3.50. The van der Waals surface area contributed by atoms with Gasteiger partial charge in [-0.05, 0) is 30.7 Å². The van der Waals surface area contributed by atoms with Gasteiger partial charge in [-0.25, -0.2) is 4.98 Å². The zero-order valence-electron chi connectivity index (χ0n) is 13.4. The number of anilines is 1. The number of aromatic hydroxyl groups is 1. The number of nitrogens with zero attached hydrogens (tertiary/aromatic N) is 1. The van der Waals surface area contributed by atoms with Crippen LogP contribution in [0.4, 0.5) is 5.82 Å². The zero-order valence-corrected chi connectivity index (χ0v) is 13.4. The van der Waals surface area contributed by atoms with Gasteiger partial charge in [-0.2, -0.15) is 0 Å². The van der Waals surface area contributed by atoms with E-state index in [9.17, 15) is 14.7 Å². The lowest BCUT2D eigenvalue weighted by Gasteiger charge is -2.13. The molecule has 1 aromatic carbocycles. The maximum absolute atomic E-state index is 11.7. The van der Waals surface area contributed by atoms with Crippen molar-refractivity contribution < 1.29 is 14.7 Å². The SMILES string of the molecule is CCCCNc1cccc(-c2c(C(N)=O)cc(O)cc2C(N)=O)n1. The van der Waals surface area contributed by atoms with Crippen molar-refractivity contribution in [3.05, 3.63) is 41.5 Å². The molecule has 126 valence electrons. The molecule has 0 radical (unpaired) electrons. The van der Waals surface area contributed by atoms with Gasteiger partial charge in [0.2, 0.25) is 11.8 Å². The Labute approximate surface area is 139 Å². The maximum Gasteiger partial charge on any atom is 0.249 e. The first-order chi connectivity index (χ1) is 11.4. The van der Waals surface area contributed by atoms with Crippen LogP contribution in [0.5, 0.6) is 5.75 Å². The number of benzene rings is 1. The van der Waals surface area contributed by atoms with Gasteiger partial charge in [-0.1, -0.05) is 19.4 Å². The Morgan fingerprint density at radius 2 is 1.79 bits per heavy atom. The predicted molar refractivity (Wildman–Crippen MR) is 91.8 cm³/mol. The van der Waals surface area contributed by atoms with Crippen LogP contribution in [0.2, 0.25) is 0 Å². The van der Waals surface area contributed by atoms with Crippen molar-refractivity contribution in [2.75, 3.05) is 11.9 Å². The molecule has 2 rings (SSSR count). The van der Waals surface area contributed by atoms with Crippen LogP contribution in [-0.2, 0) is 0 Å². The topological polar surface area (TPSA) is 131 Å². The van der Waals surface area contributed by atoms with Gasteiger partial charge in [-0.15, -0.1) is 0 Å². The first-order valence-electron chi connectivity index (χ1n) is 7.62. The van der Waals surface area contributed by atoms with Gasteiger partial charge in [-0.3, -0.25) is 9.59 Å². The van der Waals surface area contributed by atoms with E-state index in [4.69, 9.17) is 11.5 Å². The molecule has 2 amide bonds. The fourth-order valence-corrected chi connectivity index (χ4v) is 2.36. The number of phenolic OH excluding ortho intramolecular Hbond substituents is 1. The summed E-state index contributed by atoms with van der Waals surface area (Å²) in [6.45, 7) is 2.84. The van der Waals surface area contributed by atoms with Crippen LogP contribution in [0.15, 0.2) is 30.3 Å². The van der Waals surface area contributed by atoms with E-state index >= 15 is 0 Å². The molecule has 0 fully saturated rings. The lowest BCUT2D eigenvalue weighted by Crippen LogP contribution is -2.18. The Hall–Kier alpha value is -3.09. The number of primary amides is 2. The van der Waals surface area contributed by atoms with Crippen LogP contribution >= 0.6 is 0 Å². The number of carbonyl (C=O) groups excluding carboxylic acids is 2. The van der Waals surface area contributed by atoms with Crippen LogP contribution < -0.4 is 16.8 Å². The van der Waals surface area contributed by atoms with Crippen molar-refractivity contribution in [1.29, 1.82) is 0 Å². The standard InChI is InChI=1S/C17H20N4O3/c1-2-3-7-20-14-6-4-5-13(21-14)15-11(16(18)23)8-10(22)9-12(15)17(19)24/h4-6,8-9,22H,2-3,7H2,1H3,(H2,18,23)(H2,19,24)(H,20,21). The van der Waals surface area contributed by atoms with Gasteiger partial charge in [0.25, 0.3) is 0 Å². The molecule has 0 unspecified atom stereocenters. The number of nitrogens with two attached hydrogens (primary N) is 2. The van der Waals surface area contributed by atoms with E-state index in [0.717, 1.165) is 19.4 Å². The quantitative estimate of drug-likeness (QED) is 0.576. The number of carbonyl (C=O) groups is 2. The lowest BCUT2D eigenvalue weighted by molar-refractivity contribution is 0.0999. The molecular formula is C17H20N4O3. The summed E-state index contributed by atoms with van der Waals surface area (Å²) in [4.78, 5) is 27.9. The summed E-state index contributed by atoms with van der Waals surface area (Å²) in [5.74, 6) is -1.22. The predicted octanol–water partition coefficient (Wildman–Crippen LogP) is 1.86. The van der Waals surface area contributed by atoms with Gasteiger partial charge < -0.3 is 21.9 Å². The number of amides is 2. The highest BCUT2D eigenvalue weighted by atomic mass is 16.3. The van der Waals surface area contributed by atoms with E-state index in [1.165, 1.54) is 12.1 Å². The molecule has 2 aromatic rings. The molecule has 0 aliphatic heterocycles. The Morgan fingerprint density at radius 1 is 1.17 bits per heavy atom. The van der Waals surface area contributed by atoms with E-state index in [2.05, 4.69) is 17.2 Å². The number of phenols is 1. The summed E-state index contributed by atoms with van der Waals surface area (Å²) in [5, 5.41) is 12.9. The molecule has 0 bridgehead atoms. The van der Waals surface area contributed by atoms with E-state index in [0.29, 0.717) is 11.5 Å². The van der Waals surface area contributed by atoms with Crippen molar-refractivity contribution >= 4 is 17.6 Å². The van der Waals surface area contributed by atoms with Crippen molar-refractivity contribution in [3.8, 4) is 17.0 Å². The number of hydrogen-bond donors (Lipinski definition) is 4. The minimum absolute atomic E-state index is 0.0120. The van der Waals surface area contributed by atoms with E-state index in [1.54, 1.807) is 18.2 Å². The molecule has 24 heavy (non-hydrogen) atoms. The van der Waals surface area contributed by atoms with Crippen LogP contribution in [-0.4, -0.2) is 28.4 Å². The highest BCUT2D eigenvalue weighted by molar-refractivity contribution is 6.08. The minimum Gasteiger partial charge on any atom is -0.508 e. The van der Waals surface area contributed by atoms with E-state index < -0.39 is 11.8 Å². The highest BCUT2D eigenvalue weighted by Gasteiger charge is 2.20. The van der Waals surface area contributed by atoms with Crippen LogP contribution in [0, 0.1) is 0 Å². The zero-order chi connectivity index (χ0) is 17.7. The number of hydrogen-bond acceptors (Lipinski definition) is 5. The molecule has 1 aromatic heterocycles. The number of rotatable bonds is 7. The molecule has 0 spiro atoms. The van der Waals surface area contributed by atoms with Crippen LogP contribution in [0.1, 0.15) is 40.5 Å². The van der Waals surface area contributed by atoms with Crippen LogP contribution in [0.25, 0.3) is 11.3 Å². The Morgan fingerprint density at radius 3 is 2.33 bits per heavy atom. The third kappa shape index (κ3) is 3.81. The van der Waals surface area contributed by atoms with Gasteiger partial charge in [0.15, 0.2) is 0 Å². The Bertz CT molecular complexity index is 739. The summed E-state index contributed by atoms with van der Waals surface area (Å²) in [6.07, 6.45) is 2.03. The summed E-state index contributed by atoms with van der Waals surface area (Å²) in [6, 6.07) is 7.58. The summed E-state index contributed by atoms with van der Waals surface area (Å²) in [7, 11) is 0. The van der Waals surface area contributed by atoms with Crippen molar-refractivity contribution in [1.82, 2.24) is 4.98 Å². The van der Waals surface area contributed by atoms with Gasteiger partial charge in [0.05, 0.1) is 16.8 Å². The fourth-order valence-electron chi connectivity index (χ4n) is 2.36. The Balaban J connectivity index is 2.56. The summed E-state index contributed by atoms with van der Waals surface area (Å²) < 4.78 is 0. The molecule has 7 heteroatoms. The fraction of sp³-hybridized carbons (Fsp3) is 0.235. The monoisotopic (exact) mass is 328 g/mol. The van der Waals surface area contributed by atoms with Crippen molar-refractivity contribution in [2.24, 2.45) is 11.5 Å². The lowest BCUT2D eigenvalue weighted by atomic mass is 9.96. The summed E-state index contributed by atoms with van der Waals surface area (Å²) in [5.41, 5.74) is 11.3. The highest BCUT2D eigenvalue weighted by Crippen LogP contribution is 2.30. The van der Waals surface area contributed by atoms with E-state index in [1.807, 2.05) is 0 Å². The smallest absolute Gasteiger partial charge is 0.249 e. The molecule has 0 saturated heterocycles. The van der Waals surface area contributed by atoms with Gasteiger partial charge >= 0.3 is 0 Å². The van der Waals surface area contributed by atoms with Crippen molar-refractivity contribution in [3.63, 3.8) is 0 Å². The largest absolute Gasteiger partial charge is 0.508 e. The molecule has 6 N–H and O–H groups in total. The van der Waals surface area contributed by atoms with Crippen LogP contribution in [0.3, 0.4) is 0 Å². The maximum atomic E-state index is 11.7. The second-order valence-corrected chi connectivity index (χ2v) is 5.33. The summed E-state index contributed by atoms with van der Waals surface area (Å²) >= 11 is 0. The van der Waals surface area contributed by atoms with Crippen molar-refractivity contribution in [2.45, 2.75) is 19.8 Å². The normalized spacial score (nSPS) is 10.4. The molecular weight excluding hydrogens is 308 g/mol. The average molecular weight is 328 g/mol. The number of aromatic nitrogens is 1. The third-order valence-electron chi connectivity index (χ3n) is 3.50. The van der Waals surface area contributed by atoms with Gasteiger partial charge in [0.1, 0.15) is 11.6 Å². The molecule has 7 nitrogen and oxygen atoms in total. The molecule has 1 heterocycles. The molecule has 0 saturated carbocycles.